The van der Waals surface area contributed by atoms with Gasteiger partial charge in [0.15, 0.2) is 0 Å². The van der Waals surface area contributed by atoms with Gasteiger partial charge in [-0.25, -0.2) is 0 Å². The van der Waals surface area contributed by atoms with Crippen molar-refractivity contribution in [1.29, 1.82) is 0 Å². The number of carbonyl (C=O) groups excluding carboxylic acids is 2. The Morgan fingerprint density at radius 2 is 1.73 bits per heavy atom. The third-order valence-electron chi connectivity index (χ3n) is 5.15. The van der Waals surface area contributed by atoms with Gasteiger partial charge in [-0.15, -0.1) is 0 Å². The maximum absolute atomic E-state index is 12.7. The van der Waals surface area contributed by atoms with Crippen LogP contribution in [0.2, 0.25) is 0 Å². The molecule has 22 heavy (non-hydrogen) atoms. The normalized spacial score (nSPS) is 23.9. The molecule has 2 fully saturated rings. The molecule has 2 aliphatic rings. The molecule has 1 atom stereocenters. The SMILES string of the molecule is CC(C)CCC(=O)N1CCCC(C(=O)N2CCC(C)CC2)C1. The van der Waals surface area contributed by atoms with Crippen LogP contribution >= 0.6 is 0 Å². The summed E-state index contributed by atoms with van der Waals surface area (Å²) in [5.41, 5.74) is 0. The molecule has 0 spiro atoms. The smallest absolute Gasteiger partial charge is 0.227 e. The van der Waals surface area contributed by atoms with Gasteiger partial charge < -0.3 is 9.80 Å². The van der Waals surface area contributed by atoms with Crippen LogP contribution in [0.4, 0.5) is 0 Å². The highest BCUT2D eigenvalue weighted by Crippen LogP contribution is 2.23. The number of likely N-dealkylation sites (tertiary alicyclic amines) is 2. The molecule has 4 nitrogen and oxygen atoms in total. The summed E-state index contributed by atoms with van der Waals surface area (Å²) in [5, 5.41) is 0. The van der Waals surface area contributed by atoms with E-state index in [2.05, 4.69) is 20.8 Å². The number of nitrogens with zero attached hydrogens (tertiary/aromatic N) is 2. The van der Waals surface area contributed by atoms with Crippen LogP contribution in [0.5, 0.6) is 0 Å². The Bertz CT molecular complexity index is 387. The highest BCUT2D eigenvalue weighted by atomic mass is 16.2. The van der Waals surface area contributed by atoms with Crippen molar-refractivity contribution in [3.8, 4) is 0 Å². The highest BCUT2D eigenvalue weighted by molar-refractivity contribution is 5.81. The molecule has 0 aliphatic carbocycles. The standard InChI is InChI=1S/C18H32N2O2/c1-14(2)6-7-17(21)20-10-4-5-16(13-20)18(22)19-11-8-15(3)9-12-19/h14-16H,4-13H2,1-3H3. The van der Waals surface area contributed by atoms with Crippen molar-refractivity contribution >= 4 is 11.8 Å². The van der Waals surface area contributed by atoms with E-state index in [0.29, 0.717) is 18.9 Å². The van der Waals surface area contributed by atoms with E-state index >= 15 is 0 Å². The molecule has 0 aromatic heterocycles. The first-order valence-corrected chi connectivity index (χ1v) is 9.04. The summed E-state index contributed by atoms with van der Waals surface area (Å²) in [6.45, 7) is 9.83. The van der Waals surface area contributed by atoms with E-state index in [9.17, 15) is 9.59 Å². The molecule has 0 N–H and O–H groups in total. The second-order valence-electron chi connectivity index (χ2n) is 7.62. The maximum atomic E-state index is 12.7. The van der Waals surface area contributed by atoms with Crippen molar-refractivity contribution in [3.63, 3.8) is 0 Å². The van der Waals surface area contributed by atoms with Crippen molar-refractivity contribution in [2.45, 2.75) is 59.3 Å². The van der Waals surface area contributed by atoms with Crippen LogP contribution < -0.4 is 0 Å². The quantitative estimate of drug-likeness (QED) is 0.801. The second-order valence-corrected chi connectivity index (χ2v) is 7.62. The summed E-state index contributed by atoms with van der Waals surface area (Å²) in [7, 11) is 0. The van der Waals surface area contributed by atoms with Gasteiger partial charge in [0.1, 0.15) is 0 Å². The summed E-state index contributed by atoms with van der Waals surface area (Å²) in [5.74, 6) is 1.85. The van der Waals surface area contributed by atoms with Crippen LogP contribution in [0.25, 0.3) is 0 Å². The van der Waals surface area contributed by atoms with Crippen LogP contribution in [-0.2, 0) is 9.59 Å². The Morgan fingerprint density at radius 1 is 1.05 bits per heavy atom. The number of rotatable bonds is 4. The zero-order valence-corrected chi connectivity index (χ0v) is 14.5. The molecule has 0 aromatic rings. The minimum Gasteiger partial charge on any atom is -0.342 e. The first-order chi connectivity index (χ1) is 10.5. The van der Waals surface area contributed by atoms with Gasteiger partial charge in [0.25, 0.3) is 0 Å². The Labute approximate surface area is 135 Å². The van der Waals surface area contributed by atoms with Crippen molar-refractivity contribution in [2.75, 3.05) is 26.2 Å². The minimum absolute atomic E-state index is 0.0326. The molecule has 2 rings (SSSR count). The van der Waals surface area contributed by atoms with E-state index in [1.165, 1.54) is 0 Å². The zero-order chi connectivity index (χ0) is 16.1. The first-order valence-electron chi connectivity index (χ1n) is 9.04. The lowest BCUT2D eigenvalue weighted by Crippen LogP contribution is -2.48. The van der Waals surface area contributed by atoms with Gasteiger partial charge in [-0.3, -0.25) is 9.59 Å². The largest absolute Gasteiger partial charge is 0.342 e. The topological polar surface area (TPSA) is 40.6 Å². The Balaban J connectivity index is 1.84. The molecular formula is C18H32N2O2. The maximum Gasteiger partial charge on any atom is 0.227 e. The van der Waals surface area contributed by atoms with Gasteiger partial charge in [-0.1, -0.05) is 20.8 Å². The van der Waals surface area contributed by atoms with Crippen molar-refractivity contribution < 1.29 is 9.59 Å². The van der Waals surface area contributed by atoms with Gasteiger partial charge in [-0.05, 0) is 43.9 Å². The molecule has 1 unspecified atom stereocenters. The fraction of sp³-hybridized carbons (Fsp3) is 0.889. The van der Waals surface area contributed by atoms with E-state index in [4.69, 9.17) is 0 Å². The fourth-order valence-electron chi connectivity index (χ4n) is 3.46. The molecule has 0 bridgehead atoms. The summed E-state index contributed by atoms with van der Waals surface area (Å²) < 4.78 is 0. The van der Waals surface area contributed by atoms with Crippen molar-refractivity contribution in [2.24, 2.45) is 17.8 Å². The van der Waals surface area contributed by atoms with E-state index in [1.807, 2.05) is 9.80 Å². The van der Waals surface area contributed by atoms with Crippen LogP contribution in [0.3, 0.4) is 0 Å². The minimum atomic E-state index is 0.0326. The molecule has 4 heteroatoms. The molecule has 2 saturated heterocycles. The lowest BCUT2D eigenvalue weighted by Gasteiger charge is -2.37. The number of piperidine rings is 2. The Morgan fingerprint density at radius 3 is 2.36 bits per heavy atom. The van der Waals surface area contributed by atoms with Gasteiger partial charge in [0.2, 0.25) is 11.8 Å². The average molecular weight is 308 g/mol. The third-order valence-corrected chi connectivity index (χ3v) is 5.15. The van der Waals surface area contributed by atoms with Gasteiger partial charge in [0, 0.05) is 32.6 Å². The van der Waals surface area contributed by atoms with E-state index in [0.717, 1.165) is 57.7 Å². The summed E-state index contributed by atoms with van der Waals surface area (Å²) in [6, 6.07) is 0. The molecule has 2 aliphatic heterocycles. The number of amides is 2. The second kappa shape index (κ2) is 7.98. The number of hydrogen-bond donors (Lipinski definition) is 0. The van der Waals surface area contributed by atoms with Gasteiger partial charge in [0.05, 0.1) is 5.92 Å². The summed E-state index contributed by atoms with van der Waals surface area (Å²) >= 11 is 0. The van der Waals surface area contributed by atoms with Crippen LogP contribution in [0.1, 0.15) is 59.3 Å². The van der Waals surface area contributed by atoms with Gasteiger partial charge in [-0.2, -0.15) is 0 Å². The van der Waals surface area contributed by atoms with Crippen molar-refractivity contribution in [1.82, 2.24) is 9.80 Å². The summed E-state index contributed by atoms with van der Waals surface area (Å²) in [4.78, 5) is 28.9. The fourth-order valence-corrected chi connectivity index (χ4v) is 3.46. The molecular weight excluding hydrogens is 276 g/mol. The molecule has 2 heterocycles. The third kappa shape index (κ3) is 4.72. The molecule has 0 radical (unpaired) electrons. The van der Waals surface area contributed by atoms with Crippen LogP contribution in [0, 0.1) is 17.8 Å². The van der Waals surface area contributed by atoms with Crippen LogP contribution in [-0.4, -0.2) is 47.8 Å². The predicted molar refractivity (Wildman–Crippen MR) is 88.4 cm³/mol. The Kier molecular flexibility index (Phi) is 6.27. The summed E-state index contributed by atoms with van der Waals surface area (Å²) in [6.07, 6.45) is 5.72. The first kappa shape index (κ1) is 17.3. The van der Waals surface area contributed by atoms with Crippen LogP contribution in [0.15, 0.2) is 0 Å². The molecule has 0 saturated carbocycles. The number of hydrogen-bond acceptors (Lipinski definition) is 2. The lowest BCUT2D eigenvalue weighted by molar-refractivity contribution is -0.142. The van der Waals surface area contributed by atoms with E-state index < -0.39 is 0 Å². The van der Waals surface area contributed by atoms with E-state index in [-0.39, 0.29) is 17.7 Å². The average Bonchev–Trinajstić information content (AvgIpc) is 2.52. The monoisotopic (exact) mass is 308 g/mol. The van der Waals surface area contributed by atoms with E-state index in [1.54, 1.807) is 0 Å². The molecule has 2 amide bonds. The van der Waals surface area contributed by atoms with Gasteiger partial charge >= 0.3 is 0 Å². The highest BCUT2D eigenvalue weighted by Gasteiger charge is 2.32. The molecule has 0 aromatic carbocycles. The molecule has 126 valence electrons. The zero-order valence-electron chi connectivity index (χ0n) is 14.5. The predicted octanol–water partition coefficient (Wildman–Crippen LogP) is 2.92. The number of carbonyl (C=O) groups is 2. The lowest BCUT2D eigenvalue weighted by atomic mass is 9.93. The Hall–Kier alpha value is -1.06. The van der Waals surface area contributed by atoms with Crippen molar-refractivity contribution in [3.05, 3.63) is 0 Å².